The Balaban J connectivity index is 2.01. The van der Waals surface area contributed by atoms with E-state index in [9.17, 15) is 4.79 Å². The number of benzene rings is 2. The van der Waals surface area contributed by atoms with Crippen LogP contribution in [0.2, 0.25) is 0 Å². The standard InChI is InChI=1S/C19H24N2O/c1-14-9-8-10-16(13-14)15(2)20-18(22)21-19(3,4)17-11-6-5-7-12-17/h5-13,15H,1-4H3,(H2,20,21,22). The molecule has 2 aromatic carbocycles. The van der Waals surface area contributed by atoms with E-state index in [1.165, 1.54) is 5.56 Å². The number of rotatable bonds is 4. The first-order valence-electron chi connectivity index (χ1n) is 7.59. The van der Waals surface area contributed by atoms with Crippen LogP contribution in [-0.2, 0) is 5.54 Å². The van der Waals surface area contributed by atoms with Gasteiger partial charge in [-0.2, -0.15) is 0 Å². The molecule has 0 aliphatic carbocycles. The molecule has 0 radical (unpaired) electrons. The van der Waals surface area contributed by atoms with Crippen LogP contribution in [0.15, 0.2) is 54.6 Å². The van der Waals surface area contributed by atoms with Crippen molar-refractivity contribution in [2.45, 2.75) is 39.3 Å². The van der Waals surface area contributed by atoms with Gasteiger partial charge in [0, 0.05) is 0 Å². The van der Waals surface area contributed by atoms with Crippen LogP contribution in [0.5, 0.6) is 0 Å². The van der Waals surface area contributed by atoms with Crippen molar-refractivity contribution >= 4 is 6.03 Å². The molecule has 0 bridgehead atoms. The summed E-state index contributed by atoms with van der Waals surface area (Å²) >= 11 is 0. The molecule has 2 rings (SSSR count). The Morgan fingerprint density at radius 1 is 1.05 bits per heavy atom. The molecule has 0 saturated carbocycles. The molecule has 0 fully saturated rings. The van der Waals surface area contributed by atoms with E-state index in [0.29, 0.717) is 0 Å². The Hall–Kier alpha value is -2.29. The van der Waals surface area contributed by atoms with Crippen LogP contribution in [0.1, 0.15) is 43.5 Å². The van der Waals surface area contributed by atoms with Crippen LogP contribution >= 0.6 is 0 Å². The molecule has 22 heavy (non-hydrogen) atoms. The van der Waals surface area contributed by atoms with Gasteiger partial charge in [-0.1, -0.05) is 60.2 Å². The molecule has 0 aliphatic rings. The first-order valence-corrected chi connectivity index (χ1v) is 7.59. The number of hydrogen-bond acceptors (Lipinski definition) is 1. The lowest BCUT2D eigenvalue weighted by Crippen LogP contribution is -2.47. The molecule has 1 unspecified atom stereocenters. The van der Waals surface area contributed by atoms with Crippen molar-refractivity contribution in [1.82, 2.24) is 10.6 Å². The van der Waals surface area contributed by atoms with Crippen molar-refractivity contribution in [3.05, 3.63) is 71.3 Å². The van der Waals surface area contributed by atoms with Gasteiger partial charge in [0.15, 0.2) is 0 Å². The Kier molecular flexibility index (Phi) is 4.86. The maximum atomic E-state index is 12.3. The molecule has 2 aromatic rings. The Labute approximate surface area is 132 Å². The van der Waals surface area contributed by atoms with Gasteiger partial charge in [-0.05, 0) is 38.8 Å². The molecule has 0 aliphatic heterocycles. The third-order valence-corrected chi connectivity index (χ3v) is 3.81. The highest BCUT2D eigenvalue weighted by molar-refractivity contribution is 5.75. The molecule has 0 aromatic heterocycles. The minimum atomic E-state index is -0.419. The van der Waals surface area contributed by atoms with Crippen molar-refractivity contribution in [3.8, 4) is 0 Å². The Bertz CT molecular complexity index is 635. The quantitative estimate of drug-likeness (QED) is 0.868. The maximum absolute atomic E-state index is 12.3. The van der Waals surface area contributed by atoms with Gasteiger partial charge in [-0.25, -0.2) is 4.79 Å². The Morgan fingerprint density at radius 2 is 1.73 bits per heavy atom. The van der Waals surface area contributed by atoms with E-state index < -0.39 is 5.54 Å². The summed E-state index contributed by atoms with van der Waals surface area (Å²) in [7, 11) is 0. The molecular formula is C19H24N2O. The molecule has 2 N–H and O–H groups in total. The van der Waals surface area contributed by atoms with Gasteiger partial charge in [-0.15, -0.1) is 0 Å². The van der Waals surface area contributed by atoms with Crippen LogP contribution < -0.4 is 10.6 Å². The van der Waals surface area contributed by atoms with Crippen molar-refractivity contribution in [3.63, 3.8) is 0 Å². The zero-order valence-electron chi connectivity index (χ0n) is 13.7. The molecule has 0 saturated heterocycles. The number of hydrogen-bond donors (Lipinski definition) is 2. The SMILES string of the molecule is Cc1cccc(C(C)NC(=O)NC(C)(C)c2ccccc2)c1. The van der Waals surface area contributed by atoms with Gasteiger partial charge in [0.2, 0.25) is 0 Å². The summed E-state index contributed by atoms with van der Waals surface area (Å²) in [6, 6.07) is 17.9. The fourth-order valence-electron chi connectivity index (χ4n) is 2.47. The Morgan fingerprint density at radius 3 is 2.36 bits per heavy atom. The number of aryl methyl sites for hydroxylation is 1. The van der Waals surface area contributed by atoms with Crippen LogP contribution in [0.4, 0.5) is 4.79 Å². The van der Waals surface area contributed by atoms with Gasteiger partial charge in [0.1, 0.15) is 0 Å². The molecule has 2 amide bonds. The fourth-order valence-corrected chi connectivity index (χ4v) is 2.47. The van der Waals surface area contributed by atoms with Crippen molar-refractivity contribution in [2.24, 2.45) is 0 Å². The fraction of sp³-hybridized carbons (Fsp3) is 0.316. The first kappa shape index (κ1) is 16.1. The largest absolute Gasteiger partial charge is 0.332 e. The monoisotopic (exact) mass is 296 g/mol. The van der Waals surface area contributed by atoms with E-state index in [1.807, 2.05) is 63.2 Å². The molecule has 0 heterocycles. The topological polar surface area (TPSA) is 41.1 Å². The number of amides is 2. The van der Waals surface area contributed by atoms with Gasteiger partial charge >= 0.3 is 6.03 Å². The zero-order chi connectivity index (χ0) is 16.2. The van der Waals surface area contributed by atoms with Crippen LogP contribution in [-0.4, -0.2) is 6.03 Å². The zero-order valence-corrected chi connectivity index (χ0v) is 13.7. The van der Waals surface area contributed by atoms with Gasteiger partial charge in [0.25, 0.3) is 0 Å². The summed E-state index contributed by atoms with van der Waals surface area (Å²) in [5.41, 5.74) is 2.95. The summed E-state index contributed by atoms with van der Waals surface area (Å²) in [5.74, 6) is 0. The number of carbonyl (C=O) groups is 1. The molecule has 1 atom stereocenters. The highest BCUT2D eigenvalue weighted by Crippen LogP contribution is 2.20. The lowest BCUT2D eigenvalue weighted by molar-refractivity contribution is 0.227. The van der Waals surface area contributed by atoms with Crippen molar-refractivity contribution < 1.29 is 4.79 Å². The summed E-state index contributed by atoms with van der Waals surface area (Å²) in [6.07, 6.45) is 0. The lowest BCUT2D eigenvalue weighted by atomic mass is 9.94. The van der Waals surface area contributed by atoms with E-state index in [4.69, 9.17) is 0 Å². The first-order chi connectivity index (χ1) is 10.4. The maximum Gasteiger partial charge on any atom is 0.315 e. The summed E-state index contributed by atoms with van der Waals surface area (Å²) in [4.78, 5) is 12.3. The molecule has 0 spiro atoms. The molecular weight excluding hydrogens is 272 g/mol. The second-order valence-electron chi connectivity index (χ2n) is 6.23. The lowest BCUT2D eigenvalue weighted by Gasteiger charge is -2.28. The predicted molar refractivity (Wildman–Crippen MR) is 90.7 cm³/mol. The summed E-state index contributed by atoms with van der Waals surface area (Å²) < 4.78 is 0. The third kappa shape index (κ3) is 4.10. The highest BCUT2D eigenvalue weighted by Gasteiger charge is 2.23. The predicted octanol–water partition coefficient (Wildman–Crippen LogP) is 4.29. The smallest absolute Gasteiger partial charge is 0.315 e. The minimum absolute atomic E-state index is 0.0357. The number of nitrogens with one attached hydrogen (secondary N) is 2. The molecule has 3 heteroatoms. The normalized spacial score (nSPS) is 12.5. The minimum Gasteiger partial charge on any atom is -0.332 e. The molecule has 3 nitrogen and oxygen atoms in total. The molecule has 116 valence electrons. The van der Waals surface area contributed by atoms with E-state index in [2.05, 4.69) is 29.7 Å². The number of urea groups is 1. The van der Waals surface area contributed by atoms with Crippen LogP contribution in [0, 0.1) is 6.92 Å². The third-order valence-electron chi connectivity index (χ3n) is 3.81. The van der Waals surface area contributed by atoms with Crippen molar-refractivity contribution in [2.75, 3.05) is 0 Å². The number of carbonyl (C=O) groups excluding carboxylic acids is 1. The van der Waals surface area contributed by atoms with Gasteiger partial charge in [-0.3, -0.25) is 0 Å². The van der Waals surface area contributed by atoms with Gasteiger partial charge < -0.3 is 10.6 Å². The average Bonchev–Trinajstić information content (AvgIpc) is 2.47. The summed E-state index contributed by atoms with van der Waals surface area (Å²) in [5, 5.41) is 6.04. The second kappa shape index (κ2) is 6.65. The van der Waals surface area contributed by atoms with Crippen LogP contribution in [0.3, 0.4) is 0 Å². The van der Waals surface area contributed by atoms with E-state index >= 15 is 0 Å². The highest BCUT2D eigenvalue weighted by atomic mass is 16.2. The average molecular weight is 296 g/mol. The van der Waals surface area contributed by atoms with E-state index in [-0.39, 0.29) is 12.1 Å². The van der Waals surface area contributed by atoms with Crippen molar-refractivity contribution in [1.29, 1.82) is 0 Å². The second-order valence-corrected chi connectivity index (χ2v) is 6.23. The van der Waals surface area contributed by atoms with Crippen LogP contribution in [0.25, 0.3) is 0 Å². The van der Waals surface area contributed by atoms with Gasteiger partial charge in [0.05, 0.1) is 11.6 Å². The van der Waals surface area contributed by atoms with E-state index in [1.54, 1.807) is 0 Å². The van der Waals surface area contributed by atoms with E-state index in [0.717, 1.165) is 11.1 Å². The summed E-state index contributed by atoms with van der Waals surface area (Å²) in [6.45, 7) is 8.04.